The molecule has 1 aliphatic rings. The molecule has 0 bridgehead atoms. The van der Waals surface area contributed by atoms with Gasteiger partial charge in [0.2, 0.25) is 5.95 Å². The quantitative estimate of drug-likeness (QED) is 0.803. The Hall–Kier alpha value is -1.15. The first-order valence-corrected chi connectivity index (χ1v) is 5.59. The van der Waals surface area contributed by atoms with E-state index in [0.717, 1.165) is 6.07 Å². The molecule has 2 N–H and O–H groups in total. The summed E-state index contributed by atoms with van der Waals surface area (Å²) in [7, 11) is 1.59. The first kappa shape index (κ1) is 13.3. The molecule has 18 heavy (non-hydrogen) atoms. The molecule has 7 heteroatoms. The van der Waals surface area contributed by atoms with Crippen molar-refractivity contribution in [2.45, 2.75) is 12.1 Å². The van der Waals surface area contributed by atoms with Crippen LogP contribution in [0.2, 0.25) is 0 Å². The van der Waals surface area contributed by atoms with E-state index in [2.05, 4.69) is 4.98 Å². The standard InChI is InChI=1S/C11H15F2N3O2/c1-17-3-2-16-6-9(14)10(18-16)7-4-8(12)11(13)15-5-7/h4-5,9-10H,2-3,6,14H2,1H3/t9-,10+/m1/s1. The average molecular weight is 259 g/mol. The predicted molar refractivity (Wildman–Crippen MR) is 59.4 cm³/mol. The number of nitrogens with two attached hydrogens (primary N) is 1. The molecule has 1 fully saturated rings. The summed E-state index contributed by atoms with van der Waals surface area (Å²) in [5.74, 6) is -2.12. The molecule has 2 atom stereocenters. The van der Waals surface area contributed by atoms with Crippen molar-refractivity contribution >= 4 is 0 Å². The van der Waals surface area contributed by atoms with E-state index in [1.165, 1.54) is 6.20 Å². The number of nitrogens with zero attached hydrogens (tertiary/aromatic N) is 2. The van der Waals surface area contributed by atoms with Gasteiger partial charge in [0.1, 0.15) is 6.10 Å². The molecular weight excluding hydrogens is 244 g/mol. The third-order valence-electron chi connectivity index (χ3n) is 2.76. The summed E-state index contributed by atoms with van der Waals surface area (Å²) in [6.07, 6.45) is 0.729. The van der Waals surface area contributed by atoms with Crippen molar-refractivity contribution in [1.82, 2.24) is 10.0 Å². The molecule has 2 heterocycles. The molecule has 1 aliphatic heterocycles. The van der Waals surface area contributed by atoms with Crippen molar-refractivity contribution in [3.05, 3.63) is 29.6 Å². The summed E-state index contributed by atoms with van der Waals surface area (Å²) in [4.78, 5) is 8.88. The summed E-state index contributed by atoms with van der Waals surface area (Å²) in [5, 5.41) is 1.65. The molecule has 0 aromatic carbocycles. The van der Waals surface area contributed by atoms with E-state index in [0.29, 0.717) is 25.3 Å². The fraction of sp³-hybridized carbons (Fsp3) is 0.545. The van der Waals surface area contributed by atoms with Gasteiger partial charge in [0, 0.05) is 32.0 Å². The number of hydroxylamine groups is 2. The number of pyridine rings is 1. The minimum atomic E-state index is -1.12. The summed E-state index contributed by atoms with van der Waals surface area (Å²) in [6, 6.07) is 0.751. The van der Waals surface area contributed by atoms with Gasteiger partial charge in [-0.1, -0.05) is 0 Å². The van der Waals surface area contributed by atoms with E-state index in [-0.39, 0.29) is 6.04 Å². The van der Waals surface area contributed by atoms with Crippen LogP contribution in [-0.2, 0) is 9.57 Å². The smallest absolute Gasteiger partial charge is 0.248 e. The minimum absolute atomic E-state index is 0.312. The Morgan fingerprint density at radius 3 is 3.06 bits per heavy atom. The van der Waals surface area contributed by atoms with Gasteiger partial charge in [0.25, 0.3) is 0 Å². The van der Waals surface area contributed by atoms with Crippen molar-refractivity contribution in [3.63, 3.8) is 0 Å². The number of halogens is 2. The third kappa shape index (κ3) is 2.81. The second kappa shape index (κ2) is 5.66. The van der Waals surface area contributed by atoms with E-state index in [1.54, 1.807) is 12.2 Å². The molecule has 5 nitrogen and oxygen atoms in total. The first-order valence-electron chi connectivity index (χ1n) is 5.59. The van der Waals surface area contributed by atoms with E-state index < -0.39 is 17.9 Å². The highest BCUT2D eigenvalue weighted by molar-refractivity contribution is 5.17. The van der Waals surface area contributed by atoms with Gasteiger partial charge in [-0.05, 0) is 6.07 Å². The van der Waals surface area contributed by atoms with Crippen LogP contribution in [0.15, 0.2) is 12.3 Å². The Balaban J connectivity index is 2.06. The second-order valence-corrected chi connectivity index (χ2v) is 4.11. The highest BCUT2D eigenvalue weighted by atomic mass is 19.2. The number of methoxy groups -OCH3 is 1. The zero-order valence-electron chi connectivity index (χ0n) is 9.97. The van der Waals surface area contributed by atoms with Crippen LogP contribution in [0.3, 0.4) is 0 Å². The van der Waals surface area contributed by atoms with Crippen molar-refractivity contribution in [3.8, 4) is 0 Å². The maximum absolute atomic E-state index is 13.1. The Morgan fingerprint density at radius 1 is 1.61 bits per heavy atom. The highest BCUT2D eigenvalue weighted by Gasteiger charge is 2.33. The minimum Gasteiger partial charge on any atom is -0.383 e. The topological polar surface area (TPSA) is 60.6 Å². The van der Waals surface area contributed by atoms with Crippen LogP contribution < -0.4 is 5.73 Å². The molecule has 1 aromatic heterocycles. The van der Waals surface area contributed by atoms with Crippen LogP contribution in [0.1, 0.15) is 11.7 Å². The molecule has 1 aromatic rings. The Bertz CT molecular complexity index is 419. The molecule has 2 rings (SSSR count). The lowest BCUT2D eigenvalue weighted by Crippen LogP contribution is -2.30. The van der Waals surface area contributed by atoms with Crippen molar-refractivity contribution in [1.29, 1.82) is 0 Å². The van der Waals surface area contributed by atoms with Crippen LogP contribution in [0, 0.1) is 11.8 Å². The molecule has 0 amide bonds. The molecule has 0 aliphatic carbocycles. The predicted octanol–water partition coefficient (Wildman–Crippen LogP) is 0.622. The number of aromatic nitrogens is 1. The molecule has 0 unspecified atom stereocenters. The van der Waals surface area contributed by atoms with Gasteiger partial charge in [-0.3, -0.25) is 4.84 Å². The zero-order valence-corrected chi connectivity index (χ0v) is 9.97. The Morgan fingerprint density at radius 2 is 2.39 bits per heavy atom. The molecular formula is C11H15F2N3O2. The fourth-order valence-corrected chi connectivity index (χ4v) is 1.85. The highest BCUT2D eigenvalue weighted by Crippen LogP contribution is 2.28. The lowest BCUT2D eigenvalue weighted by atomic mass is 10.1. The molecule has 0 saturated carbocycles. The van der Waals surface area contributed by atoms with Crippen LogP contribution in [0.5, 0.6) is 0 Å². The van der Waals surface area contributed by atoms with Gasteiger partial charge < -0.3 is 10.5 Å². The summed E-state index contributed by atoms with van der Waals surface area (Å²) in [5.41, 5.74) is 6.34. The number of hydrogen-bond donors (Lipinski definition) is 1. The van der Waals surface area contributed by atoms with E-state index in [4.69, 9.17) is 15.3 Å². The van der Waals surface area contributed by atoms with Gasteiger partial charge in [0.15, 0.2) is 5.82 Å². The van der Waals surface area contributed by atoms with E-state index >= 15 is 0 Å². The Kier molecular flexibility index (Phi) is 4.18. The number of hydrogen-bond acceptors (Lipinski definition) is 5. The van der Waals surface area contributed by atoms with Crippen LogP contribution in [0.25, 0.3) is 0 Å². The van der Waals surface area contributed by atoms with Gasteiger partial charge in [0.05, 0.1) is 12.6 Å². The maximum atomic E-state index is 13.1. The van der Waals surface area contributed by atoms with Crippen molar-refractivity contribution in [2.24, 2.45) is 5.73 Å². The second-order valence-electron chi connectivity index (χ2n) is 4.11. The summed E-state index contributed by atoms with van der Waals surface area (Å²) < 4.78 is 30.8. The van der Waals surface area contributed by atoms with E-state index in [9.17, 15) is 8.78 Å². The molecule has 0 radical (unpaired) electrons. The van der Waals surface area contributed by atoms with Gasteiger partial charge in [-0.2, -0.15) is 9.45 Å². The van der Waals surface area contributed by atoms with Crippen LogP contribution >= 0.6 is 0 Å². The van der Waals surface area contributed by atoms with Crippen LogP contribution in [0.4, 0.5) is 8.78 Å². The first-order chi connectivity index (χ1) is 8.61. The van der Waals surface area contributed by atoms with Gasteiger partial charge >= 0.3 is 0 Å². The third-order valence-corrected chi connectivity index (χ3v) is 2.76. The van der Waals surface area contributed by atoms with Gasteiger partial charge in [-0.15, -0.1) is 0 Å². The van der Waals surface area contributed by atoms with Crippen molar-refractivity contribution < 1.29 is 18.4 Å². The van der Waals surface area contributed by atoms with Crippen LogP contribution in [-0.4, -0.2) is 42.9 Å². The fourth-order valence-electron chi connectivity index (χ4n) is 1.85. The largest absolute Gasteiger partial charge is 0.383 e. The number of rotatable bonds is 4. The van der Waals surface area contributed by atoms with Gasteiger partial charge in [-0.25, -0.2) is 9.37 Å². The zero-order chi connectivity index (χ0) is 13.1. The summed E-state index contributed by atoms with van der Waals surface area (Å²) >= 11 is 0. The molecule has 1 saturated heterocycles. The normalized spacial score (nSPS) is 24.7. The lowest BCUT2D eigenvalue weighted by molar-refractivity contribution is -0.154. The van der Waals surface area contributed by atoms with Crippen molar-refractivity contribution in [2.75, 3.05) is 26.8 Å². The number of ether oxygens (including phenoxy) is 1. The average Bonchev–Trinajstić information content (AvgIpc) is 2.71. The lowest BCUT2D eigenvalue weighted by Gasteiger charge is -2.16. The Labute approximate surface area is 103 Å². The maximum Gasteiger partial charge on any atom is 0.248 e. The monoisotopic (exact) mass is 259 g/mol. The molecule has 0 spiro atoms. The SMILES string of the molecule is COCCN1C[C@@H](N)[C@H](c2cnc(F)c(F)c2)O1. The summed E-state index contributed by atoms with van der Waals surface area (Å²) in [6.45, 7) is 1.58. The van der Waals surface area contributed by atoms with E-state index in [1.807, 2.05) is 0 Å². The molecule has 100 valence electrons.